The monoisotopic (exact) mass is 473 g/mol. The highest BCUT2D eigenvalue weighted by molar-refractivity contribution is 6.39. The van der Waals surface area contributed by atoms with Crippen LogP contribution in [0.5, 0.6) is 17.2 Å². The van der Waals surface area contributed by atoms with E-state index in [9.17, 15) is 19.2 Å². The number of hydrogen-bond donors (Lipinski definition) is 2. The predicted octanol–water partition coefficient (Wildman–Crippen LogP) is 2.28. The molecule has 0 aromatic heterocycles. The normalized spacial score (nSPS) is 14.8. The zero-order valence-corrected chi connectivity index (χ0v) is 18.5. The lowest BCUT2D eigenvalue weighted by Crippen LogP contribution is -2.54. The molecule has 10 nitrogen and oxygen atoms in total. The highest BCUT2D eigenvalue weighted by Gasteiger charge is 2.37. The molecule has 0 unspecified atom stereocenters. The van der Waals surface area contributed by atoms with Crippen LogP contribution in [0.3, 0.4) is 0 Å². The maximum Gasteiger partial charge on any atom is 0.335 e. The molecule has 33 heavy (non-hydrogen) atoms. The topological polar surface area (TPSA) is 137 Å². The van der Waals surface area contributed by atoms with E-state index < -0.39 is 30.4 Å². The molecule has 3 rings (SSSR count). The van der Waals surface area contributed by atoms with Crippen molar-refractivity contribution < 1.29 is 33.4 Å². The SMILES string of the molecule is CCOc1cc(/C=C2\C(=O)NC(=O)N(c3ccc(OC)cc3)C2=O)cc(Cl)c1OCC(N)=O. The van der Waals surface area contributed by atoms with Crippen molar-refractivity contribution in [1.82, 2.24) is 5.32 Å². The molecule has 3 N–H and O–H groups in total. The average Bonchev–Trinajstić information content (AvgIpc) is 2.76. The van der Waals surface area contributed by atoms with Crippen molar-refractivity contribution in [1.29, 1.82) is 0 Å². The molecule has 1 fully saturated rings. The number of anilines is 1. The first-order valence-corrected chi connectivity index (χ1v) is 10.1. The fourth-order valence-electron chi connectivity index (χ4n) is 3.01. The van der Waals surface area contributed by atoms with Gasteiger partial charge in [-0.05, 0) is 55.0 Å². The molecule has 172 valence electrons. The Hall–Kier alpha value is -4.05. The first-order chi connectivity index (χ1) is 15.7. The number of nitrogens with one attached hydrogen (secondary N) is 1. The number of barbiturate groups is 1. The summed E-state index contributed by atoms with van der Waals surface area (Å²) in [5, 5.41) is 2.21. The number of hydrogen-bond acceptors (Lipinski definition) is 7. The Morgan fingerprint density at radius 3 is 2.45 bits per heavy atom. The van der Waals surface area contributed by atoms with E-state index in [2.05, 4.69) is 5.32 Å². The summed E-state index contributed by atoms with van der Waals surface area (Å²) >= 11 is 6.27. The molecule has 5 amide bonds. The summed E-state index contributed by atoms with van der Waals surface area (Å²) in [6.45, 7) is 1.57. The Balaban J connectivity index is 1.99. The minimum Gasteiger partial charge on any atom is -0.497 e. The van der Waals surface area contributed by atoms with Crippen molar-refractivity contribution in [3.8, 4) is 17.2 Å². The zero-order valence-electron chi connectivity index (χ0n) is 17.7. The number of methoxy groups -OCH3 is 1. The fraction of sp³-hybridized carbons (Fsp3) is 0.182. The molecule has 11 heteroatoms. The van der Waals surface area contributed by atoms with Crippen LogP contribution in [0, 0.1) is 0 Å². The molecule has 0 aliphatic carbocycles. The van der Waals surface area contributed by atoms with Crippen molar-refractivity contribution in [3.63, 3.8) is 0 Å². The number of carbonyl (C=O) groups is 4. The number of halogens is 1. The summed E-state index contributed by atoms with van der Waals surface area (Å²) in [4.78, 5) is 49.7. The minimum atomic E-state index is -0.879. The molecule has 0 saturated carbocycles. The van der Waals surface area contributed by atoms with Crippen molar-refractivity contribution in [2.45, 2.75) is 6.92 Å². The van der Waals surface area contributed by atoms with Crippen LogP contribution in [0.25, 0.3) is 6.08 Å². The molecule has 0 atom stereocenters. The smallest absolute Gasteiger partial charge is 0.335 e. The second-order valence-electron chi connectivity index (χ2n) is 6.67. The number of imide groups is 2. The zero-order chi connectivity index (χ0) is 24.1. The van der Waals surface area contributed by atoms with Crippen LogP contribution in [-0.4, -0.2) is 44.1 Å². The summed E-state index contributed by atoms with van der Waals surface area (Å²) in [7, 11) is 1.49. The van der Waals surface area contributed by atoms with Gasteiger partial charge in [0.2, 0.25) is 0 Å². The summed E-state index contributed by atoms with van der Waals surface area (Å²) in [6.07, 6.45) is 1.27. The number of nitrogens with two attached hydrogens (primary N) is 1. The number of benzene rings is 2. The molecule has 1 heterocycles. The Bertz CT molecular complexity index is 1150. The highest BCUT2D eigenvalue weighted by Crippen LogP contribution is 2.37. The Kier molecular flexibility index (Phi) is 7.19. The van der Waals surface area contributed by atoms with E-state index in [0.717, 1.165) is 4.90 Å². The molecule has 2 aromatic rings. The second-order valence-corrected chi connectivity index (χ2v) is 7.08. The molecule has 1 aliphatic rings. The molecular formula is C22H20ClN3O7. The van der Waals surface area contributed by atoms with E-state index in [0.29, 0.717) is 11.3 Å². The van der Waals surface area contributed by atoms with Crippen LogP contribution in [0.1, 0.15) is 12.5 Å². The maximum absolute atomic E-state index is 13.0. The first-order valence-electron chi connectivity index (χ1n) is 9.68. The second kappa shape index (κ2) is 10.0. The third-order valence-electron chi connectivity index (χ3n) is 4.43. The number of carbonyl (C=O) groups excluding carboxylic acids is 4. The summed E-state index contributed by atoms with van der Waals surface area (Å²) < 4.78 is 15.9. The molecule has 0 spiro atoms. The van der Waals surface area contributed by atoms with Gasteiger partial charge in [0.1, 0.15) is 11.3 Å². The molecule has 0 radical (unpaired) electrons. The van der Waals surface area contributed by atoms with E-state index >= 15 is 0 Å². The van der Waals surface area contributed by atoms with Crippen LogP contribution in [0.2, 0.25) is 5.02 Å². The van der Waals surface area contributed by atoms with Crippen molar-refractivity contribution >= 4 is 47.1 Å². The summed E-state index contributed by atoms with van der Waals surface area (Å²) in [5.74, 6) is -1.58. The number of primary amides is 1. The maximum atomic E-state index is 13.0. The van der Waals surface area contributed by atoms with Crippen LogP contribution in [0.15, 0.2) is 42.0 Å². The lowest BCUT2D eigenvalue weighted by atomic mass is 10.1. The van der Waals surface area contributed by atoms with E-state index in [-0.39, 0.29) is 34.4 Å². The largest absolute Gasteiger partial charge is 0.497 e. The van der Waals surface area contributed by atoms with E-state index in [4.69, 9.17) is 31.5 Å². The van der Waals surface area contributed by atoms with Crippen LogP contribution < -0.4 is 30.2 Å². The lowest BCUT2D eigenvalue weighted by Gasteiger charge is -2.26. The van der Waals surface area contributed by atoms with Crippen LogP contribution >= 0.6 is 11.6 Å². The van der Waals surface area contributed by atoms with Gasteiger partial charge < -0.3 is 19.9 Å². The number of urea groups is 1. The van der Waals surface area contributed by atoms with Gasteiger partial charge in [0, 0.05) is 0 Å². The molecule has 0 bridgehead atoms. The standard InChI is InChI=1S/C22H20ClN3O7/c1-3-32-17-10-12(9-16(23)19(17)33-11-18(24)27)8-15-20(28)25-22(30)26(21(15)29)13-4-6-14(31-2)7-5-13/h4-10H,3,11H2,1-2H3,(H2,24,27)(H,25,28,30)/b15-8+. The Morgan fingerprint density at radius 1 is 1.15 bits per heavy atom. The quantitative estimate of drug-likeness (QED) is 0.443. The first kappa shape index (κ1) is 23.6. The summed E-state index contributed by atoms with van der Waals surface area (Å²) in [6, 6.07) is 8.20. The third-order valence-corrected chi connectivity index (χ3v) is 4.71. The van der Waals surface area contributed by atoms with E-state index in [1.165, 1.54) is 37.5 Å². The van der Waals surface area contributed by atoms with Gasteiger partial charge in [0.25, 0.3) is 17.7 Å². The van der Waals surface area contributed by atoms with Gasteiger partial charge >= 0.3 is 6.03 Å². The minimum absolute atomic E-state index is 0.0702. The van der Waals surface area contributed by atoms with Gasteiger partial charge in [-0.2, -0.15) is 0 Å². The van der Waals surface area contributed by atoms with Gasteiger partial charge in [-0.15, -0.1) is 0 Å². The van der Waals surface area contributed by atoms with Gasteiger partial charge in [0.15, 0.2) is 18.1 Å². The van der Waals surface area contributed by atoms with E-state index in [1.54, 1.807) is 19.1 Å². The Labute approximate surface area is 193 Å². The van der Waals surface area contributed by atoms with Gasteiger partial charge in [-0.1, -0.05) is 11.6 Å². The van der Waals surface area contributed by atoms with Crippen molar-refractivity contribution in [2.24, 2.45) is 5.73 Å². The highest BCUT2D eigenvalue weighted by atomic mass is 35.5. The lowest BCUT2D eigenvalue weighted by molar-refractivity contribution is -0.123. The van der Waals surface area contributed by atoms with Crippen molar-refractivity contribution in [2.75, 3.05) is 25.2 Å². The molecular weight excluding hydrogens is 454 g/mol. The number of nitrogens with zero attached hydrogens (tertiary/aromatic N) is 1. The van der Waals surface area contributed by atoms with Gasteiger partial charge in [-0.25, -0.2) is 9.69 Å². The van der Waals surface area contributed by atoms with Crippen LogP contribution in [0.4, 0.5) is 10.5 Å². The fourth-order valence-corrected chi connectivity index (χ4v) is 3.28. The van der Waals surface area contributed by atoms with Crippen molar-refractivity contribution in [3.05, 3.63) is 52.6 Å². The third kappa shape index (κ3) is 5.24. The average molecular weight is 474 g/mol. The van der Waals surface area contributed by atoms with E-state index in [1.807, 2.05) is 0 Å². The molecule has 1 saturated heterocycles. The van der Waals surface area contributed by atoms with Gasteiger partial charge in [0.05, 0.1) is 24.4 Å². The number of amides is 5. The Morgan fingerprint density at radius 2 is 1.85 bits per heavy atom. The van der Waals surface area contributed by atoms with Gasteiger partial charge in [-0.3, -0.25) is 19.7 Å². The molecule has 1 aliphatic heterocycles. The number of rotatable bonds is 8. The van der Waals surface area contributed by atoms with Crippen LogP contribution in [-0.2, 0) is 14.4 Å². The number of ether oxygens (including phenoxy) is 3. The summed E-state index contributed by atoms with van der Waals surface area (Å²) in [5.41, 5.74) is 5.39. The molecule has 2 aromatic carbocycles. The predicted molar refractivity (Wildman–Crippen MR) is 119 cm³/mol.